The van der Waals surface area contributed by atoms with Gasteiger partial charge in [-0.15, -0.1) is 0 Å². The highest BCUT2D eigenvalue weighted by molar-refractivity contribution is 5.73. The maximum atomic E-state index is 10.6. The molecular formula is C28H27F6N5O4. The van der Waals surface area contributed by atoms with Gasteiger partial charge in [0.05, 0.1) is 29.3 Å². The zero-order valence-electron chi connectivity index (χ0n) is 22.6. The van der Waals surface area contributed by atoms with Crippen molar-refractivity contribution in [2.75, 3.05) is 26.7 Å². The van der Waals surface area contributed by atoms with Crippen LogP contribution in [-0.4, -0.2) is 85.4 Å². The van der Waals surface area contributed by atoms with E-state index in [0.29, 0.717) is 0 Å². The third-order valence-corrected chi connectivity index (χ3v) is 6.31. The minimum absolute atomic E-state index is 0.278. The van der Waals surface area contributed by atoms with E-state index in [4.69, 9.17) is 24.8 Å². The molecular weight excluding hydrogens is 584 g/mol. The normalized spacial score (nSPS) is 16.0. The number of aliphatic carboxylic acids is 2. The Morgan fingerprint density at radius 1 is 0.837 bits per heavy atom. The second kappa shape index (κ2) is 14.1. The summed E-state index contributed by atoms with van der Waals surface area (Å²) in [6, 6.07) is 21.3. The third-order valence-electron chi connectivity index (χ3n) is 6.31. The van der Waals surface area contributed by atoms with E-state index < -0.39 is 24.3 Å². The first-order chi connectivity index (χ1) is 20.2. The topological polar surface area (TPSA) is 111 Å². The average molecular weight is 612 g/mol. The summed E-state index contributed by atoms with van der Waals surface area (Å²) in [4.78, 5) is 32.0. The Labute approximate surface area is 241 Å². The summed E-state index contributed by atoms with van der Waals surface area (Å²) >= 11 is 0. The first-order valence-electron chi connectivity index (χ1n) is 12.6. The van der Waals surface area contributed by atoms with Crippen molar-refractivity contribution in [1.29, 1.82) is 0 Å². The van der Waals surface area contributed by atoms with E-state index in [0.717, 1.165) is 37.6 Å². The zero-order chi connectivity index (χ0) is 31.8. The highest BCUT2D eigenvalue weighted by Gasteiger charge is 2.39. The summed E-state index contributed by atoms with van der Waals surface area (Å²) in [5.74, 6) is -5.51. The molecule has 1 aromatic carbocycles. The van der Waals surface area contributed by atoms with Crippen LogP contribution in [0.1, 0.15) is 17.4 Å². The summed E-state index contributed by atoms with van der Waals surface area (Å²) in [7, 11) is 2.20. The molecule has 15 heteroatoms. The molecule has 1 atom stereocenters. The number of alkyl halides is 6. The molecule has 230 valence electrons. The fourth-order valence-electron chi connectivity index (χ4n) is 4.17. The predicted molar refractivity (Wildman–Crippen MR) is 143 cm³/mol. The Hall–Kier alpha value is -4.50. The highest BCUT2D eigenvalue weighted by atomic mass is 19.4. The fraction of sp³-hybridized carbons (Fsp3) is 0.286. The molecule has 5 rings (SSSR count). The Kier molecular flexibility index (Phi) is 10.8. The van der Waals surface area contributed by atoms with Crippen LogP contribution in [0.2, 0.25) is 0 Å². The number of hydrogen-bond donors (Lipinski definition) is 2. The number of carboxylic acid groups (broad SMARTS) is 2. The second-order valence-corrected chi connectivity index (χ2v) is 9.36. The maximum Gasteiger partial charge on any atom is 0.490 e. The molecule has 0 aliphatic carbocycles. The molecule has 4 heterocycles. The van der Waals surface area contributed by atoms with Crippen LogP contribution in [0.3, 0.4) is 0 Å². The SMILES string of the molecule is CN1CCN(Cc2ccccn2)CC1c1ncn2cc(-c3ccccc3)ccc12.O=C(O)C(F)(F)F.O=C(O)C(F)(F)F. The van der Waals surface area contributed by atoms with Crippen molar-refractivity contribution in [3.8, 4) is 11.1 Å². The molecule has 0 amide bonds. The number of hydrogen-bond acceptors (Lipinski definition) is 6. The van der Waals surface area contributed by atoms with Crippen LogP contribution in [0.5, 0.6) is 0 Å². The van der Waals surface area contributed by atoms with Crippen molar-refractivity contribution in [3.05, 3.63) is 90.8 Å². The fourth-order valence-corrected chi connectivity index (χ4v) is 4.17. The average Bonchev–Trinajstić information content (AvgIpc) is 3.38. The number of carbonyl (C=O) groups is 2. The first-order valence-corrected chi connectivity index (χ1v) is 12.6. The van der Waals surface area contributed by atoms with Gasteiger partial charge >= 0.3 is 24.3 Å². The standard InChI is InChI=1S/C24H25N5.2C2HF3O2/c1-27-13-14-28(16-21-9-5-6-12-25-21)17-23(27)24-22-11-10-20(15-29(22)18-26-24)19-7-3-2-4-8-19;2*3-2(4,5)1(6)7/h2-12,15,18,23H,13-14,16-17H2,1H3;2*(H,6,7). The van der Waals surface area contributed by atoms with E-state index in [2.05, 4.69) is 81.0 Å². The zero-order valence-corrected chi connectivity index (χ0v) is 22.6. The second-order valence-electron chi connectivity index (χ2n) is 9.36. The van der Waals surface area contributed by atoms with E-state index in [1.165, 1.54) is 16.6 Å². The Bertz CT molecular complexity index is 1470. The summed E-state index contributed by atoms with van der Waals surface area (Å²) in [6.45, 7) is 3.92. The third kappa shape index (κ3) is 9.51. The lowest BCUT2D eigenvalue weighted by Gasteiger charge is -2.38. The van der Waals surface area contributed by atoms with Gasteiger partial charge < -0.3 is 14.6 Å². The number of imidazole rings is 1. The number of pyridine rings is 2. The lowest BCUT2D eigenvalue weighted by atomic mass is 10.1. The van der Waals surface area contributed by atoms with Gasteiger partial charge in [0, 0.05) is 38.6 Å². The predicted octanol–water partition coefficient (Wildman–Crippen LogP) is 5.15. The highest BCUT2D eigenvalue weighted by Crippen LogP contribution is 2.29. The largest absolute Gasteiger partial charge is 0.490 e. The summed E-state index contributed by atoms with van der Waals surface area (Å²) in [5, 5.41) is 14.2. The van der Waals surface area contributed by atoms with E-state index >= 15 is 0 Å². The van der Waals surface area contributed by atoms with Crippen LogP contribution in [0, 0.1) is 0 Å². The van der Waals surface area contributed by atoms with Crippen molar-refractivity contribution < 1.29 is 46.1 Å². The summed E-state index contributed by atoms with van der Waals surface area (Å²) in [5.41, 5.74) is 5.88. The van der Waals surface area contributed by atoms with Crippen LogP contribution in [-0.2, 0) is 16.1 Å². The molecule has 2 N–H and O–H groups in total. The van der Waals surface area contributed by atoms with Gasteiger partial charge in [-0.05, 0) is 36.4 Å². The molecule has 3 aromatic heterocycles. The number of piperazine rings is 1. The number of carboxylic acids is 2. The Balaban J connectivity index is 0.000000303. The monoisotopic (exact) mass is 611 g/mol. The first kappa shape index (κ1) is 33.0. The van der Waals surface area contributed by atoms with Gasteiger partial charge in [0.1, 0.15) is 0 Å². The van der Waals surface area contributed by atoms with E-state index in [1.807, 2.05) is 24.7 Å². The smallest absolute Gasteiger partial charge is 0.475 e. The number of halogens is 6. The Morgan fingerprint density at radius 3 is 2.00 bits per heavy atom. The van der Waals surface area contributed by atoms with E-state index in [1.54, 1.807) is 0 Å². The molecule has 1 saturated heterocycles. The minimum atomic E-state index is -5.08. The van der Waals surface area contributed by atoms with Gasteiger partial charge in [-0.25, -0.2) is 14.6 Å². The van der Waals surface area contributed by atoms with E-state index in [9.17, 15) is 26.3 Å². The van der Waals surface area contributed by atoms with Gasteiger partial charge in [0.15, 0.2) is 0 Å². The van der Waals surface area contributed by atoms with Crippen molar-refractivity contribution in [2.24, 2.45) is 0 Å². The molecule has 0 spiro atoms. The number of benzene rings is 1. The summed E-state index contributed by atoms with van der Waals surface area (Å²) in [6.07, 6.45) is -4.17. The molecule has 1 fully saturated rings. The van der Waals surface area contributed by atoms with Crippen LogP contribution >= 0.6 is 0 Å². The quantitative estimate of drug-likeness (QED) is 0.305. The van der Waals surface area contributed by atoms with Crippen molar-refractivity contribution in [1.82, 2.24) is 24.2 Å². The Morgan fingerprint density at radius 2 is 1.44 bits per heavy atom. The van der Waals surface area contributed by atoms with Crippen molar-refractivity contribution >= 4 is 17.5 Å². The molecule has 0 saturated carbocycles. The lowest BCUT2D eigenvalue weighted by Crippen LogP contribution is -2.46. The molecule has 43 heavy (non-hydrogen) atoms. The van der Waals surface area contributed by atoms with Gasteiger partial charge in [-0.2, -0.15) is 26.3 Å². The van der Waals surface area contributed by atoms with Crippen LogP contribution in [0.25, 0.3) is 16.6 Å². The minimum Gasteiger partial charge on any atom is -0.475 e. The lowest BCUT2D eigenvalue weighted by molar-refractivity contribution is -0.193. The molecule has 1 aliphatic heterocycles. The molecule has 9 nitrogen and oxygen atoms in total. The van der Waals surface area contributed by atoms with Gasteiger partial charge in [-0.3, -0.25) is 14.8 Å². The molecule has 1 unspecified atom stereocenters. The number of aromatic nitrogens is 3. The van der Waals surface area contributed by atoms with Gasteiger partial charge in [0.2, 0.25) is 0 Å². The van der Waals surface area contributed by atoms with E-state index in [-0.39, 0.29) is 6.04 Å². The van der Waals surface area contributed by atoms with Gasteiger partial charge in [0.25, 0.3) is 0 Å². The number of likely N-dealkylation sites (N-methyl/N-ethyl adjacent to an activating group) is 1. The van der Waals surface area contributed by atoms with Crippen molar-refractivity contribution in [2.45, 2.75) is 24.9 Å². The number of fused-ring (bicyclic) bond motifs is 1. The molecule has 0 bridgehead atoms. The number of rotatable bonds is 4. The molecule has 1 aliphatic rings. The number of nitrogens with zero attached hydrogens (tertiary/aromatic N) is 5. The maximum absolute atomic E-state index is 10.6. The van der Waals surface area contributed by atoms with Crippen LogP contribution < -0.4 is 0 Å². The van der Waals surface area contributed by atoms with Crippen LogP contribution in [0.15, 0.2) is 79.4 Å². The van der Waals surface area contributed by atoms with Gasteiger partial charge in [-0.1, -0.05) is 42.5 Å². The molecule has 0 radical (unpaired) electrons. The van der Waals surface area contributed by atoms with Crippen molar-refractivity contribution in [3.63, 3.8) is 0 Å². The van der Waals surface area contributed by atoms with Crippen LogP contribution in [0.4, 0.5) is 26.3 Å². The summed E-state index contributed by atoms with van der Waals surface area (Å²) < 4.78 is 65.6. The molecule has 4 aromatic rings.